The van der Waals surface area contributed by atoms with Gasteiger partial charge in [0.05, 0.1) is 0 Å². The average molecular weight is 358 g/mol. The summed E-state index contributed by atoms with van der Waals surface area (Å²) in [6.45, 7) is 2.83. The van der Waals surface area contributed by atoms with Crippen LogP contribution in [-0.4, -0.2) is 18.4 Å². The van der Waals surface area contributed by atoms with Gasteiger partial charge in [0.2, 0.25) is 5.91 Å². The number of hydrogen-bond donors (Lipinski definition) is 2. The highest BCUT2D eigenvalue weighted by atomic mass is 16.2. The van der Waals surface area contributed by atoms with E-state index in [1.165, 1.54) is 6.08 Å². The van der Waals surface area contributed by atoms with Crippen LogP contribution in [0.4, 0.5) is 0 Å². The van der Waals surface area contributed by atoms with E-state index in [1.807, 2.05) is 55.5 Å². The third kappa shape index (κ3) is 4.82. The summed E-state index contributed by atoms with van der Waals surface area (Å²) in [5.74, 6) is -0.284. The fourth-order valence-electron chi connectivity index (χ4n) is 2.89. The van der Waals surface area contributed by atoms with Crippen molar-refractivity contribution in [1.82, 2.24) is 10.6 Å². The molecule has 27 heavy (non-hydrogen) atoms. The first-order valence-corrected chi connectivity index (χ1v) is 8.98. The third-order valence-corrected chi connectivity index (χ3v) is 4.23. The van der Waals surface area contributed by atoms with Crippen LogP contribution in [0.25, 0.3) is 16.8 Å². The number of hydrogen-bond acceptors (Lipinski definition) is 2. The van der Waals surface area contributed by atoms with E-state index in [9.17, 15) is 9.59 Å². The van der Waals surface area contributed by atoms with Gasteiger partial charge >= 0.3 is 0 Å². The second-order valence-electron chi connectivity index (χ2n) is 6.18. The maximum Gasteiger partial charge on any atom is 0.251 e. The molecule has 0 aliphatic rings. The summed E-state index contributed by atoms with van der Waals surface area (Å²) in [7, 11) is 0. The molecule has 0 radical (unpaired) electrons. The molecule has 0 aliphatic carbocycles. The minimum absolute atomic E-state index is 0.110. The molecule has 0 atom stereocenters. The van der Waals surface area contributed by atoms with Gasteiger partial charge in [-0.25, -0.2) is 0 Å². The van der Waals surface area contributed by atoms with Gasteiger partial charge in [-0.15, -0.1) is 0 Å². The molecule has 0 unspecified atom stereocenters. The number of fused-ring (bicyclic) bond motifs is 1. The standard InChI is InChI=1S/C23H22N2O2/c1-2-24-23(27)20-11-5-7-17(15-20)16-25-22(26)14-13-19-10-6-9-18-8-3-4-12-21(18)19/h3-15H,2,16H2,1H3,(H,24,27)(H,25,26)/b14-13+. The fourth-order valence-corrected chi connectivity index (χ4v) is 2.89. The van der Waals surface area contributed by atoms with Crippen LogP contribution < -0.4 is 10.6 Å². The van der Waals surface area contributed by atoms with Crippen molar-refractivity contribution >= 4 is 28.7 Å². The highest BCUT2D eigenvalue weighted by Gasteiger charge is 2.05. The van der Waals surface area contributed by atoms with Gasteiger partial charge in [0.1, 0.15) is 0 Å². The lowest BCUT2D eigenvalue weighted by molar-refractivity contribution is -0.116. The monoisotopic (exact) mass is 358 g/mol. The molecule has 0 spiro atoms. The predicted octanol–water partition coefficient (Wildman–Crippen LogP) is 3.92. The Morgan fingerprint density at radius 3 is 2.56 bits per heavy atom. The number of amides is 2. The summed E-state index contributed by atoms with van der Waals surface area (Å²) >= 11 is 0. The molecule has 3 aromatic carbocycles. The molecule has 3 rings (SSSR count). The second-order valence-corrected chi connectivity index (χ2v) is 6.18. The SMILES string of the molecule is CCNC(=O)c1cccc(CNC(=O)/C=C/c2cccc3ccccc23)c1. The molecule has 2 N–H and O–H groups in total. The molecule has 0 saturated carbocycles. The highest BCUT2D eigenvalue weighted by Crippen LogP contribution is 2.19. The normalized spacial score (nSPS) is 10.9. The van der Waals surface area contributed by atoms with Crippen LogP contribution in [0.1, 0.15) is 28.4 Å². The van der Waals surface area contributed by atoms with Crippen molar-refractivity contribution in [3.8, 4) is 0 Å². The van der Waals surface area contributed by atoms with Crippen LogP contribution in [0, 0.1) is 0 Å². The lowest BCUT2D eigenvalue weighted by Crippen LogP contribution is -2.23. The quantitative estimate of drug-likeness (QED) is 0.656. The van der Waals surface area contributed by atoms with Gasteiger partial charge in [0, 0.05) is 24.7 Å². The lowest BCUT2D eigenvalue weighted by atomic mass is 10.0. The first-order valence-electron chi connectivity index (χ1n) is 8.98. The Kier molecular flexibility index (Phi) is 6.00. The number of carbonyl (C=O) groups excluding carboxylic acids is 2. The smallest absolute Gasteiger partial charge is 0.251 e. The Bertz CT molecular complexity index is 987. The number of carbonyl (C=O) groups is 2. The molecule has 4 nitrogen and oxygen atoms in total. The van der Waals surface area contributed by atoms with Gasteiger partial charge in [-0.05, 0) is 47.0 Å². The second kappa shape index (κ2) is 8.81. The predicted molar refractivity (Wildman–Crippen MR) is 109 cm³/mol. The third-order valence-electron chi connectivity index (χ3n) is 4.23. The van der Waals surface area contributed by atoms with Gasteiger partial charge in [0.15, 0.2) is 0 Å². The van der Waals surface area contributed by atoms with E-state index in [4.69, 9.17) is 0 Å². The zero-order valence-corrected chi connectivity index (χ0v) is 15.2. The molecule has 136 valence electrons. The number of nitrogens with one attached hydrogen (secondary N) is 2. The van der Waals surface area contributed by atoms with Gasteiger partial charge in [-0.1, -0.05) is 54.6 Å². The maximum atomic E-state index is 12.2. The zero-order chi connectivity index (χ0) is 19.1. The maximum absolute atomic E-state index is 12.2. The molecular weight excluding hydrogens is 336 g/mol. The van der Waals surface area contributed by atoms with Crippen LogP contribution in [0.2, 0.25) is 0 Å². The lowest BCUT2D eigenvalue weighted by Gasteiger charge is -2.06. The van der Waals surface area contributed by atoms with Crippen LogP contribution >= 0.6 is 0 Å². The molecule has 0 heterocycles. The van der Waals surface area contributed by atoms with Crippen molar-refractivity contribution in [3.05, 3.63) is 89.5 Å². The van der Waals surface area contributed by atoms with Crippen LogP contribution in [0.3, 0.4) is 0 Å². The van der Waals surface area contributed by atoms with E-state index in [2.05, 4.69) is 22.8 Å². The molecule has 0 aliphatic heterocycles. The van der Waals surface area contributed by atoms with E-state index in [0.717, 1.165) is 21.9 Å². The van der Waals surface area contributed by atoms with E-state index in [-0.39, 0.29) is 11.8 Å². The Labute approximate surface area is 158 Å². The Morgan fingerprint density at radius 1 is 0.926 bits per heavy atom. The molecule has 0 fully saturated rings. The summed E-state index contributed by atoms with van der Waals surface area (Å²) in [4.78, 5) is 24.1. The summed E-state index contributed by atoms with van der Waals surface area (Å²) in [5, 5.41) is 7.88. The zero-order valence-electron chi connectivity index (χ0n) is 15.2. The Hall–Kier alpha value is -3.40. The van der Waals surface area contributed by atoms with Crippen LogP contribution in [0.15, 0.2) is 72.8 Å². The molecule has 0 saturated heterocycles. The minimum Gasteiger partial charge on any atom is -0.352 e. The topological polar surface area (TPSA) is 58.2 Å². The van der Waals surface area contributed by atoms with Crippen molar-refractivity contribution in [2.45, 2.75) is 13.5 Å². The summed E-state index contributed by atoms with van der Waals surface area (Å²) in [5.41, 5.74) is 2.47. The van der Waals surface area contributed by atoms with Gasteiger partial charge in [-0.3, -0.25) is 9.59 Å². The summed E-state index contributed by atoms with van der Waals surface area (Å²) in [6, 6.07) is 21.3. The van der Waals surface area contributed by atoms with Gasteiger partial charge in [-0.2, -0.15) is 0 Å². The average Bonchev–Trinajstić information content (AvgIpc) is 2.71. The van der Waals surface area contributed by atoms with Gasteiger partial charge < -0.3 is 10.6 Å². The summed E-state index contributed by atoms with van der Waals surface area (Å²) in [6.07, 6.45) is 3.36. The van der Waals surface area contributed by atoms with Crippen LogP contribution in [0.5, 0.6) is 0 Å². The van der Waals surface area contributed by atoms with E-state index < -0.39 is 0 Å². The largest absolute Gasteiger partial charge is 0.352 e. The molecule has 4 heteroatoms. The van der Waals surface area contributed by atoms with Gasteiger partial charge in [0.25, 0.3) is 5.91 Å². The molecular formula is C23H22N2O2. The fraction of sp³-hybridized carbons (Fsp3) is 0.130. The van der Waals surface area contributed by atoms with E-state index in [0.29, 0.717) is 18.7 Å². The Morgan fingerprint density at radius 2 is 1.70 bits per heavy atom. The molecule has 2 amide bonds. The highest BCUT2D eigenvalue weighted by molar-refractivity contribution is 5.97. The molecule has 3 aromatic rings. The molecule has 0 aromatic heterocycles. The van der Waals surface area contributed by atoms with Crippen molar-refractivity contribution in [2.24, 2.45) is 0 Å². The Balaban J connectivity index is 1.64. The molecule has 0 bridgehead atoms. The first-order chi connectivity index (χ1) is 13.2. The minimum atomic E-state index is -0.175. The van der Waals surface area contributed by atoms with Crippen molar-refractivity contribution < 1.29 is 9.59 Å². The van der Waals surface area contributed by atoms with Crippen molar-refractivity contribution in [2.75, 3.05) is 6.54 Å². The van der Waals surface area contributed by atoms with E-state index >= 15 is 0 Å². The van der Waals surface area contributed by atoms with Crippen molar-refractivity contribution in [1.29, 1.82) is 0 Å². The van der Waals surface area contributed by atoms with E-state index in [1.54, 1.807) is 12.1 Å². The number of benzene rings is 3. The summed E-state index contributed by atoms with van der Waals surface area (Å²) < 4.78 is 0. The van der Waals surface area contributed by atoms with Crippen LogP contribution in [-0.2, 0) is 11.3 Å². The number of rotatable bonds is 6. The first kappa shape index (κ1) is 18.4. The van der Waals surface area contributed by atoms with Crippen molar-refractivity contribution in [3.63, 3.8) is 0 Å².